The van der Waals surface area contributed by atoms with Crippen molar-refractivity contribution in [3.63, 3.8) is 0 Å². The highest BCUT2D eigenvalue weighted by molar-refractivity contribution is 6.02. The van der Waals surface area contributed by atoms with E-state index in [2.05, 4.69) is 20.4 Å². The molecule has 1 aliphatic rings. The van der Waals surface area contributed by atoms with E-state index in [1.54, 1.807) is 25.3 Å². The van der Waals surface area contributed by atoms with Gasteiger partial charge in [0, 0.05) is 19.2 Å². The van der Waals surface area contributed by atoms with Crippen molar-refractivity contribution in [2.45, 2.75) is 19.8 Å². The first-order valence-corrected chi connectivity index (χ1v) is 6.68. The van der Waals surface area contributed by atoms with Gasteiger partial charge in [0.25, 0.3) is 5.91 Å². The third-order valence-electron chi connectivity index (χ3n) is 3.32. The predicted molar refractivity (Wildman–Crippen MR) is 74.9 cm³/mol. The molecule has 0 bridgehead atoms. The summed E-state index contributed by atoms with van der Waals surface area (Å²) < 4.78 is 4.90. The van der Waals surface area contributed by atoms with Crippen molar-refractivity contribution in [1.29, 1.82) is 0 Å². The Hall–Kier alpha value is -2.37. The highest BCUT2D eigenvalue weighted by Gasteiger charge is 2.14. The molecule has 0 aromatic carbocycles. The van der Waals surface area contributed by atoms with Gasteiger partial charge in [0.05, 0.1) is 11.9 Å². The fourth-order valence-corrected chi connectivity index (χ4v) is 2.29. The third kappa shape index (κ3) is 2.64. The Bertz CT molecular complexity index is 600. The second-order valence-corrected chi connectivity index (χ2v) is 4.87. The Morgan fingerprint density at radius 2 is 2.15 bits per heavy atom. The number of hydrogen-bond acceptors (Lipinski definition) is 5. The molecule has 0 aliphatic carbocycles. The van der Waals surface area contributed by atoms with Gasteiger partial charge in [-0.3, -0.25) is 4.79 Å². The van der Waals surface area contributed by atoms with Gasteiger partial charge in [-0.25, -0.2) is 4.98 Å². The molecule has 6 nitrogen and oxygen atoms in total. The number of pyridine rings is 1. The number of rotatable bonds is 3. The molecule has 104 valence electrons. The van der Waals surface area contributed by atoms with E-state index in [-0.39, 0.29) is 5.91 Å². The standard InChI is InChI=1S/C14H16N4O2/c1-10-8-13(17-20-10)16-14(19)12-5-4-11(9-15-12)18-6-2-3-7-18/h4-5,8-9H,2-3,6-7H2,1H3,(H,16,17,19). The first-order chi connectivity index (χ1) is 9.72. The lowest BCUT2D eigenvalue weighted by atomic mass is 10.3. The topological polar surface area (TPSA) is 71.3 Å². The van der Waals surface area contributed by atoms with Gasteiger partial charge in [-0.15, -0.1) is 0 Å². The summed E-state index contributed by atoms with van der Waals surface area (Å²) in [5, 5.41) is 6.37. The molecule has 3 rings (SSSR count). The third-order valence-corrected chi connectivity index (χ3v) is 3.32. The normalized spacial score (nSPS) is 14.6. The first kappa shape index (κ1) is 12.7. The maximum atomic E-state index is 12.0. The zero-order valence-corrected chi connectivity index (χ0v) is 11.3. The van der Waals surface area contributed by atoms with Crippen LogP contribution in [0.5, 0.6) is 0 Å². The minimum atomic E-state index is -0.286. The lowest BCUT2D eigenvalue weighted by Crippen LogP contribution is -2.19. The highest BCUT2D eigenvalue weighted by Crippen LogP contribution is 2.19. The first-order valence-electron chi connectivity index (χ1n) is 6.68. The number of carbonyl (C=O) groups excluding carboxylic acids is 1. The quantitative estimate of drug-likeness (QED) is 0.927. The number of hydrogen-bond donors (Lipinski definition) is 1. The summed E-state index contributed by atoms with van der Waals surface area (Å²) in [6.45, 7) is 3.89. The Morgan fingerprint density at radius 3 is 2.75 bits per heavy atom. The summed E-state index contributed by atoms with van der Waals surface area (Å²) in [7, 11) is 0. The Balaban J connectivity index is 1.68. The van der Waals surface area contributed by atoms with E-state index >= 15 is 0 Å². The van der Waals surface area contributed by atoms with Crippen molar-refractivity contribution in [2.75, 3.05) is 23.3 Å². The van der Waals surface area contributed by atoms with Gasteiger partial charge < -0.3 is 14.7 Å². The maximum absolute atomic E-state index is 12.0. The van der Waals surface area contributed by atoms with Crippen LogP contribution in [0.4, 0.5) is 11.5 Å². The molecule has 1 N–H and O–H groups in total. The van der Waals surface area contributed by atoms with Crippen LogP contribution in [0.15, 0.2) is 28.9 Å². The molecule has 20 heavy (non-hydrogen) atoms. The van der Waals surface area contributed by atoms with E-state index in [1.807, 2.05) is 6.07 Å². The molecular formula is C14H16N4O2. The molecule has 0 spiro atoms. The molecule has 0 saturated carbocycles. The van der Waals surface area contributed by atoms with Crippen LogP contribution in [0, 0.1) is 6.92 Å². The monoisotopic (exact) mass is 272 g/mol. The van der Waals surface area contributed by atoms with Gasteiger partial charge in [0.1, 0.15) is 11.5 Å². The molecule has 0 atom stereocenters. The zero-order valence-electron chi connectivity index (χ0n) is 11.3. The summed E-state index contributed by atoms with van der Waals surface area (Å²) in [6.07, 6.45) is 4.18. The largest absolute Gasteiger partial charge is 0.370 e. The van der Waals surface area contributed by atoms with Crippen molar-refractivity contribution in [3.8, 4) is 0 Å². The number of anilines is 2. The Labute approximate surface area is 116 Å². The minimum Gasteiger partial charge on any atom is -0.370 e. The van der Waals surface area contributed by atoms with E-state index in [9.17, 15) is 4.79 Å². The van der Waals surface area contributed by atoms with E-state index in [4.69, 9.17) is 4.52 Å². The van der Waals surface area contributed by atoms with Gasteiger partial charge in [0.15, 0.2) is 5.82 Å². The summed E-state index contributed by atoms with van der Waals surface area (Å²) in [5.74, 6) is 0.766. The molecular weight excluding hydrogens is 256 g/mol. The van der Waals surface area contributed by atoms with Crippen LogP contribution in [-0.4, -0.2) is 29.1 Å². The molecule has 2 aromatic heterocycles. The fourth-order valence-electron chi connectivity index (χ4n) is 2.29. The minimum absolute atomic E-state index is 0.286. The second-order valence-electron chi connectivity index (χ2n) is 4.87. The lowest BCUT2D eigenvalue weighted by Gasteiger charge is -2.16. The van der Waals surface area contributed by atoms with E-state index in [0.29, 0.717) is 17.3 Å². The average Bonchev–Trinajstić information content (AvgIpc) is 3.11. The number of nitrogens with one attached hydrogen (secondary N) is 1. The Kier molecular flexibility index (Phi) is 3.37. The van der Waals surface area contributed by atoms with Gasteiger partial charge in [-0.1, -0.05) is 5.16 Å². The summed E-state index contributed by atoms with van der Waals surface area (Å²) in [4.78, 5) is 18.5. The second kappa shape index (κ2) is 5.32. The molecule has 1 fully saturated rings. The highest BCUT2D eigenvalue weighted by atomic mass is 16.5. The van der Waals surface area contributed by atoms with Gasteiger partial charge in [-0.2, -0.15) is 0 Å². The number of aromatic nitrogens is 2. The van der Waals surface area contributed by atoms with Crippen LogP contribution in [-0.2, 0) is 0 Å². The van der Waals surface area contributed by atoms with Crippen LogP contribution in [0.2, 0.25) is 0 Å². The van der Waals surface area contributed by atoms with Crippen LogP contribution in [0.25, 0.3) is 0 Å². The number of aryl methyl sites for hydroxylation is 1. The van der Waals surface area contributed by atoms with Gasteiger partial charge >= 0.3 is 0 Å². The van der Waals surface area contributed by atoms with Crippen molar-refractivity contribution in [1.82, 2.24) is 10.1 Å². The van der Waals surface area contributed by atoms with Gasteiger partial charge in [-0.05, 0) is 31.9 Å². The molecule has 3 heterocycles. The molecule has 1 saturated heterocycles. The summed E-state index contributed by atoms with van der Waals surface area (Å²) in [6, 6.07) is 5.33. The zero-order chi connectivity index (χ0) is 13.9. The Morgan fingerprint density at radius 1 is 1.35 bits per heavy atom. The molecule has 2 aromatic rings. The van der Waals surface area contributed by atoms with Gasteiger partial charge in [0.2, 0.25) is 0 Å². The van der Waals surface area contributed by atoms with Crippen molar-refractivity contribution < 1.29 is 9.32 Å². The molecule has 0 radical (unpaired) electrons. The van der Waals surface area contributed by atoms with Crippen molar-refractivity contribution in [3.05, 3.63) is 35.9 Å². The van der Waals surface area contributed by atoms with Crippen molar-refractivity contribution in [2.24, 2.45) is 0 Å². The van der Waals surface area contributed by atoms with E-state index in [1.165, 1.54) is 12.8 Å². The number of carbonyl (C=O) groups is 1. The van der Waals surface area contributed by atoms with Crippen LogP contribution >= 0.6 is 0 Å². The molecule has 0 unspecified atom stereocenters. The van der Waals surface area contributed by atoms with Crippen molar-refractivity contribution >= 4 is 17.4 Å². The fraction of sp³-hybridized carbons (Fsp3) is 0.357. The maximum Gasteiger partial charge on any atom is 0.275 e. The molecule has 1 aliphatic heterocycles. The van der Waals surface area contributed by atoms with E-state index in [0.717, 1.165) is 18.8 Å². The number of nitrogens with zero attached hydrogens (tertiary/aromatic N) is 3. The molecule has 6 heteroatoms. The van der Waals surface area contributed by atoms with Crippen LogP contribution in [0.1, 0.15) is 29.1 Å². The van der Waals surface area contributed by atoms with Crippen LogP contribution in [0.3, 0.4) is 0 Å². The van der Waals surface area contributed by atoms with E-state index < -0.39 is 0 Å². The molecule has 1 amide bonds. The summed E-state index contributed by atoms with van der Waals surface area (Å²) in [5.41, 5.74) is 1.44. The SMILES string of the molecule is Cc1cc(NC(=O)c2ccc(N3CCCC3)cn2)no1. The smallest absolute Gasteiger partial charge is 0.275 e. The van der Waals surface area contributed by atoms with Crippen LogP contribution < -0.4 is 10.2 Å². The predicted octanol–water partition coefficient (Wildman–Crippen LogP) is 2.23. The number of amides is 1. The summed E-state index contributed by atoms with van der Waals surface area (Å²) >= 11 is 0. The average molecular weight is 272 g/mol. The lowest BCUT2D eigenvalue weighted by molar-refractivity contribution is 0.102.